The maximum atomic E-state index is 13.1. The molecule has 1 aliphatic heterocycles. The van der Waals surface area contributed by atoms with E-state index in [2.05, 4.69) is 67.8 Å². The number of nitrogens with one attached hydrogen (secondary N) is 1. The summed E-state index contributed by atoms with van der Waals surface area (Å²) in [5, 5.41) is 75.7. The second-order valence-electron chi connectivity index (χ2n) is 17.1. The number of carbonyl (C=O) groups excluding carboxylic acids is 1. The number of aliphatic hydroxyl groups excluding tert-OH is 7. The summed E-state index contributed by atoms with van der Waals surface area (Å²) >= 11 is 0. The van der Waals surface area contributed by atoms with E-state index in [1.54, 1.807) is 0 Å². The highest BCUT2D eigenvalue weighted by Crippen LogP contribution is 2.23. The number of carbonyl (C=O) groups is 1. The summed E-state index contributed by atoms with van der Waals surface area (Å²) in [4.78, 5) is 13.1. The van der Waals surface area contributed by atoms with Crippen LogP contribution in [0.25, 0.3) is 0 Å². The molecule has 0 aromatic rings. The zero-order valence-electron chi connectivity index (χ0n) is 38.4. The highest BCUT2D eigenvalue weighted by molar-refractivity contribution is 5.80. The first kappa shape index (κ1) is 57.1. The van der Waals surface area contributed by atoms with Gasteiger partial charge in [0.2, 0.25) is 5.91 Å². The molecular formula is C50H91NO10. The van der Waals surface area contributed by atoms with Crippen molar-refractivity contribution in [3.63, 3.8) is 0 Å². The van der Waals surface area contributed by atoms with Crippen molar-refractivity contribution in [3.8, 4) is 0 Å². The minimum absolute atomic E-state index is 0.238. The van der Waals surface area contributed by atoms with Crippen molar-refractivity contribution >= 4 is 5.91 Å². The van der Waals surface area contributed by atoms with Gasteiger partial charge >= 0.3 is 0 Å². The number of hydrogen-bond donors (Lipinski definition) is 8. The minimum atomic E-state index is -1.67. The van der Waals surface area contributed by atoms with Gasteiger partial charge in [0.05, 0.1) is 25.4 Å². The van der Waals surface area contributed by atoms with Gasteiger partial charge in [0.1, 0.15) is 36.6 Å². The van der Waals surface area contributed by atoms with Gasteiger partial charge in [0, 0.05) is 0 Å². The molecular weight excluding hydrogens is 775 g/mol. The molecule has 11 nitrogen and oxygen atoms in total. The predicted molar refractivity (Wildman–Crippen MR) is 247 cm³/mol. The summed E-state index contributed by atoms with van der Waals surface area (Å²) in [6, 6.07) is -1.20. The molecule has 0 bridgehead atoms. The molecule has 0 aromatic heterocycles. The van der Waals surface area contributed by atoms with Crippen LogP contribution in [0.5, 0.6) is 0 Å². The van der Waals surface area contributed by atoms with E-state index in [1.807, 2.05) is 0 Å². The van der Waals surface area contributed by atoms with Crippen LogP contribution in [0.1, 0.15) is 194 Å². The molecule has 356 valence electrons. The van der Waals surface area contributed by atoms with Crippen LogP contribution in [0.3, 0.4) is 0 Å². The molecule has 61 heavy (non-hydrogen) atoms. The smallest absolute Gasteiger partial charge is 0.249 e. The lowest BCUT2D eigenvalue weighted by atomic mass is 9.98. The van der Waals surface area contributed by atoms with E-state index in [0.29, 0.717) is 19.3 Å². The van der Waals surface area contributed by atoms with E-state index >= 15 is 0 Å². The topological polar surface area (TPSA) is 189 Å². The van der Waals surface area contributed by atoms with E-state index in [-0.39, 0.29) is 12.8 Å². The van der Waals surface area contributed by atoms with Crippen LogP contribution >= 0.6 is 0 Å². The van der Waals surface area contributed by atoms with Crippen molar-refractivity contribution in [2.45, 2.75) is 249 Å². The maximum Gasteiger partial charge on any atom is 0.249 e. The first-order valence-electron chi connectivity index (χ1n) is 24.5. The second-order valence-corrected chi connectivity index (χ2v) is 17.1. The van der Waals surface area contributed by atoms with Gasteiger partial charge in [-0.2, -0.15) is 0 Å². The van der Waals surface area contributed by atoms with Gasteiger partial charge in [-0.05, 0) is 83.5 Å². The van der Waals surface area contributed by atoms with Crippen molar-refractivity contribution in [1.29, 1.82) is 0 Å². The average Bonchev–Trinajstić information content (AvgIpc) is 3.26. The number of unbranched alkanes of at least 4 members (excludes halogenated alkanes) is 20. The number of aliphatic hydroxyl groups is 7. The lowest BCUT2D eigenvalue weighted by Gasteiger charge is -2.40. The molecule has 1 amide bonds. The Morgan fingerprint density at radius 1 is 0.557 bits per heavy atom. The van der Waals surface area contributed by atoms with E-state index in [9.17, 15) is 40.5 Å². The maximum absolute atomic E-state index is 13.1. The van der Waals surface area contributed by atoms with Crippen molar-refractivity contribution in [1.82, 2.24) is 5.32 Å². The summed E-state index contributed by atoms with van der Waals surface area (Å²) in [6.07, 6.45) is 35.8. The monoisotopic (exact) mass is 866 g/mol. The number of allylic oxidation sites excluding steroid dienone is 8. The van der Waals surface area contributed by atoms with Gasteiger partial charge in [-0.25, -0.2) is 0 Å². The fourth-order valence-corrected chi connectivity index (χ4v) is 7.45. The summed E-state index contributed by atoms with van der Waals surface area (Å²) < 4.78 is 11.1. The third-order valence-corrected chi connectivity index (χ3v) is 11.6. The molecule has 0 aromatic carbocycles. The van der Waals surface area contributed by atoms with Crippen LogP contribution in [0.15, 0.2) is 48.6 Å². The van der Waals surface area contributed by atoms with E-state index in [0.717, 1.165) is 70.6 Å². The Morgan fingerprint density at radius 3 is 1.51 bits per heavy atom. The molecule has 8 N–H and O–H groups in total. The van der Waals surface area contributed by atoms with E-state index < -0.39 is 74.2 Å². The summed E-state index contributed by atoms with van der Waals surface area (Å²) in [7, 11) is 0. The SMILES string of the molecule is CCCC/C=C/CC/C=C/CC/C=C/CCCC(O)C(O)C(COC1OC(CO)C(O)C(O)C1O)NC(=O)C(O)CCCCCCCC/C=C\CCCCCCCCCCC. The third-order valence-electron chi connectivity index (χ3n) is 11.6. The quantitative estimate of drug-likeness (QED) is 0.0219. The van der Waals surface area contributed by atoms with Gasteiger partial charge < -0.3 is 50.5 Å². The van der Waals surface area contributed by atoms with Crippen LogP contribution in [0.4, 0.5) is 0 Å². The second kappa shape index (κ2) is 39.6. The number of ether oxygens (including phenoxy) is 2. The van der Waals surface area contributed by atoms with Crippen molar-refractivity contribution in [2.24, 2.45) is 0 Å². The first-order valence-corrected chi connectivity index (χ1v) is 24.5. The fraction of sp³-hybridized carbons (Fsp3) is 0.820. The zero-order valence-corrected chi connectivity index (χ0v) is 38.4. The molecule has 1 fully saturated rings. The average molecular weight is 866 g/mol. The normalized spacial score (nSPS) is 21.9. The van der Waals surface area contributed by atoms with E-state index in [1.165, 1.54) is 77.0 Å². The standard InChI is InChI=1S/C50H91NO10/c1-3-5-7-9-11-13-15-17-19-20-21-22-24-26-28-30-32-34-36-38-43(54)49(59)51-41(40-60-50-48(58)47(57)46(56)44(39-52)61-50)45(55)42(53)37-35-33-31-29-27-25-23-18-16-14-12-10-8-6-4-2/h10,12,18,21-23,29,31,41-48,50,52-58H,3-9,11,13-17,19-20,24-28,30,32-40H2,1-2H3,(H,51,59)/b12-10+,22-21-,23-18+,31-29+. The van der Waals surface area contributed by atoms with Crippen LogP contribution in [-0.2, 0) is 14.3 Å². The van der Waals surface area contributed by atoms with Crippen LogP contribution in [-0.4, -0.2) is 110 Å². The summed E-state index contributed by atoms with van der Waals surface area (Å²) in [6.45, 7) is 3.37. The lowest BCUT2D eigenvalue weighted by molar-refractivity contribution is -0.303. The van der Waals surface area contributed by atoms with Gasteiger partial charge in [-0.3, -0.25) is 4.79 Å². The zero-order chi connectivity index (χ0) is 44.8. The van der Waals surface area contributed by atoms with Gasteiger partial charge in [-0.1, -0.05) is 159 Å². The fourth-order valence-electron chi connectivity index (χ4n) is 7.45. The molecule has 0 saturated carbocycles. The van der Waals surface area contributed by atoms with Crippen LogP contribution in [0, 0.1) is 0 Å². The first-order chi connectivity index (χ1) is 29.7. The molecule has 11 heteroatoms. The molecule has 1 heterocycles. The molecule has 0 spiro atoms. The van der Waals surface area contributed by atoms with E-state index in [4.69, 9.17) is 9.47 Å². The predicted octanol–water partition coefficient (Wildman–Crippen LogP) is 8.56. The van der Waals surface area contributed by atoms with Gasteiger partial charge in [0.25, 0.3) is 0 Å². The Balaban J connectivity index is 2.45. The van der Waals surface area contributed by atoms with Crippen molar-refractivity contribution in [2.75, 3.05) is 13.2 Å². The van der Waals surface area contributed by atoms with Gasteiger partial charge in [0.15, 0.2) is 6.29 Å². The molecule has 1 aliphatic rings. The van der Waals surface area contributed by atoms with Gasteiger partial charge in [-0.15, -0.1) is 0 Å². The molecule has 9 atom stereocenters. The molecule has 9 unspecified atom stereocenters. The largest absolute Gasteiger partial charge is 0.394 e. The highest BCUT2D eigenvalue weighted by atomic mass is 16.7. The Morgan fingerprint density at radius 2 is 1.00 bits per heavy atom. The van der Waals surface area contributed by atoms with Crippen molar-refractivity contribution in [3.05, 3.63) is 48.6 Å². The third kappa shape index (κ3) is 29.2. The Kier molecular flexibility index (Phi) is 37.1. The number of amides is 1. The summed E-state index contributed by atoms with van der Waals surface area (Å²) in [5.41, 5.74) is 0. The molecule has 0 aliphatic carbocycles. The molecule has 0 radical (unpaired) electrons. The van der Waals surface area contributed by atoms with Crippen LogP contribution in [0.2, 0.25) is 0 Å². The van der Waals surface area contributed by atoms with Crippen molar-refractivity contribution < 1.29 is 50.0 Å². The molecule has 1 saturated heterocycles. The Bertz CT molecular complexity index is 1130. The lowest BCUT2D eigenvalue weighted by Crippen LogP contribution is -2.60. The number of hydrogen-bond acceptors (Lipinski definition) is 10. The Labute approximate surface area is 370 Å². The minimum Gasteiger partial charge on any atom is -0.394 e. The van der Waals surface area contributed by atoms with Crippen LogP contribution < -0.4 is 5.32 Å². The molecule has 1 rings (SSSR count). The number of rotatable bonds is 40. The summed E-state index contributed by atoms with van der Waals surface area (Å²) in [5.74, 6) is -0.719. The highest BCUT2D eigenvalue weighted by Gasteiger charge is 2.44. The Hall–Kier alpha value is -1.93.